The lowest BCUT2D eigenvalue weighted by Gasteiger charge is -2.05. The van der Waals surface area contributed by atoms with Gasteiger partial charge in [0, 0.05) is 14.0 Å². The van der Waals surface area contributed by atoms with Crippen molar-refractivity contribution in [2.45, 2.75) is 6.92 Å². The molecule has 0 aromatic carbocycles. The second-order valence-corrected chi connectivity index (χ2v) is 2.86. The van der Waals surface area contributed by atoms with Crippen molar-refractivity contribution in [3.63, 3.8) is 0 Å². The Bertz CT molecular complexity index is 480. The number of nitrogens with one attached hydrogen (secondary N) is 1. The van der Waals surface area contributed by atoms with Gasteiger partial charge in [-0.05, 0) is 0 Å². The van der Waals surface area contributed by atoms with Crippen LogP contribution in [0.25, 0.3) is 11.5 Å². The van der Waals surface area contributed by atoms with Crippen LogP contribution in [0, 0.1) is 6.92 Å². The molecule has 0 unspecified atom stereocenters. The molecule has 0 amide bonds. The van der Waals surface area contributed by atoms with Crippen molar-refractivity contribution in [2.24, 2.45) is 0 Å². The molecule has 78 valence electrons. The van der Waals surface area contributed by atoms with E-state index in [-0.39, 0.29) is 0 Å². The maximum absolute atomic E-state index is 5.72. The molecule has 0 bridgehead atoms. The third-order valence-corrected chi connectivity index (χ3v) is 1.85. The third-order valence-electron chi connectivity index (χ3n) is 1.85. The van der Waals surface area contributed by atoms with Gasteiger partial charge in [-0.3, -0.25) is 0 Å². The number of hydrogen-bond acceptors (Lipinski definition) is 7. The minimum absolute atomic E-state index is 0.304. The van der Waals surface area contributed by atoms with Crippen LogP contribution in [0.15, 0.2) is 10.7 Å². The number of nitrogens with zero attached hydrogens (tertiary/aromatic N) is 4. The number of aromatic nitrogens is 4. The summed E-state index contributed by atoms with van der Waals surface area (Å²) in [5.74, 6) is 1.65. The number of rotatable bonds is 2. The van der Waals surface area contributed by atoms with Gasteiger partial charge in [0.25, 0.3) is 5.89 Å². The molecule has 0 saturated carbocycles. The molecular weight excluding hydrogens is 196 g/mol. The van der Waals surface area contributed by atoms with Crippen molar-refractivity contribution in [3.8, 4) is 11.5 Å². The van der Waals surface area contributed by atoms with Gasteiger partial charge < -0.3 is 15.5 Å². The molecule has 0 atom stereocenters. The van der Waals surface area contributed by atoms with Crippen molar-refractivity contribution >= 4 is 11.6 Å². The zero-order valence-corrected chi connectivity index (χ0v) is 8.35. The molecule has 2 aromatic heterocycles. The van der Waals surface area contributed by atoms with Gasteiger partial charge >= 0.3 is 0 Å². The normalized spacial score (nSPS) is 10.3. The molecule has 0 saturated heterocycles. The molecule has 7 nitrogen and oxygen atoms in total. The van der Waals surface area contributed by atoms with E-state index in [1.54, 1.807) is 14.0 Å². The Labute approximate surface area is 85.7 Å². The monoisotopic (exact) mass is 206 g/mol. The van der Waals surface area contributed by atoms with Crippen LogP contribution in [-0.2, 0) is 0 Å². The number of nitrogens with two attached hydrogens (primary N) is 1. The van der Waals surface area contributed by atoms with E-state index in [1.165, 1.54) is 6.33 Å². The second-order valence-electron chi connectivity index (χ2n) is 2.86. The van der Waals surface area contributed by atoms with E-state index < -0.39 is 0 Å². The molecule has 0 aliphatic rings. The molecule has 0 fully saturated rings. The Morgan fingerprint density at radius 1 is 1.33 bits per heavy atom. The lowest BCUT2D eigenvalue weighted by atomic mass is 10.3. The van der Waals surface area contributed by atoms with Crippen molar-refractivity contribution in [1.82, 2.24) is 20.2 Å². The Morgan fingerprint density at radius 3 is 2.73 bits per heavy atom. The van der Waals surface area contributed by atoms with E-state index in [0.717, 1.165) is 0 Å². The predicted octanol–water partition coefficient (Wildman–Crippen LogP) is 0.459. The second kappa shape index (κ2) is 3.52. The Balaban J connectivity index is 2.60. The van der Waals surface area contributed by atoms with Gasteiger partial charge in [-0.2, -0.15) is 0 Å². The van der Waals surface area contributed by atoms with Crippen LogP contribution in [0.5, 0.6) is 0 Å². The Morgan fingerprint density at radius 2 is 2.13 bits per heavy atom. The van der Waals surface area contributed by atoms with Crippen molar-refractivity contribution in [2.75, 3.05) is 18.1 Å². The number of aryl methyl sites for hydroxylation is 1. The maximum Gasteiger partial charge on any atom is 0.255 e. The summed E-state index contributed by atoms with van der Waals surface area (Å²) in [5, 5.41) is 10.5. The average molecular weight is 206 g/mol. The highest BCUT2D eigenvalue weighted by Gasteiger charge is 2.16. The zero-order chi connectivity index (χ0) is 10.8. The number of anilines is 2. The minimum Gasteiger partial charge on any atom is -0.421 e. The molecule has 0 aliphatic carbocycles. The molecule has 7 heteroatoms. The molecule has 2 aromatic rings. The summed E-state index contributed by atoms with van der Waals surface area (Å²) in [4.78, 5) is 7.89. The standard InChI is InChI=1S/C8H10N6O/c1-4-13-14-8(15-4)5-6(9)11-3-12-7(5)10-2/h3H,1-2H3,(H3,9,10,11,12). The summed E-state index contributed by atoms with van der Waals surface area (Å²) < 4.78 is 5.27. The lowest BCUT2D eigenvalue weighted by molar-refractivity contribution is 0.533. The van der Waals surface area contributed by atoms with E-state index in [9.17, 15) is 0 Å². The van der Waals surface area contributed by atoms with Crippen molar-refractivity contribution in [3.05, 3.63) is 12.2 Å². The number of hydrogen-bond donors (Lipinski definition) is 2. The first kappa shape index (κ1) is 9.38. The SMILES string of the molecule is CNc1ncnc(N)c1-c1nnc(C)o1. The van der Waals surface area contributed by atoms with E-state index in [0.29, 0.717) is 29.0 Å². The number of nitrogen functional groups attached to an aromatic ring is 1. The molecule has 15 heavy (non-hydrogen) atoms. The molecule has 2 heterocycles. The van der Waals surface area contributed by atoms with Crippen LogP contribution in [0.3, 0.4) is 0 Å². The predicted molar refractivity (Wildman–Crippen MR) is 54.0 cm³/mol. The summed E-state index contributed by atoms with van der Waals surface area (Å²) in [7, 11) is 1.73. The molecule has 0 spiro atoms. The van der Waals surface area contributed by atoms with E-state index in [1.807, 2.05) is 0 Å². The zero-order valence-electron chi connectivity index (χ0n) is 8.35. The fraction of sp³-hybridized carbons (Fsp3) is 0.250. The van der Waals surface area contributed by atoms with Gasteiger partial charge in [0.2, 0.25) is 5.89 Å². The molecule has 3 N–H and O–H groups in total. The van der Waals surface area contributed by atoms with Gasteiger partial charge in [-0.15, -0.1) is 10.2 Å². The maximum atomic E-state index is 5.72. The van der Waals surface area contributed by atoms with E-state index in [2.05, 4.69) is 25.5 Å². The summed E-state index contributed by atoms with van der Waals surface area (Å²) >= 11 is 0. The van der Waals surface area contributed by atoms with Gasteiger partial charge in [-0.1, -0.05) is 0 Å². The first-order chi connectivity index (χ1) is 7.22. The van der Waals surface area contributed by atoms with Crippen LogP contribution < -0.4 is 11.1 Å². The lowest BCUT2D eigenvalue weighted by Crippen LogP contribution is -2.02. The fourth-order valence-corrected chi connectivity index (χ4v) is 1.20. The largest absolute Gasteiger partial charge is 0.421 e. The van der Waals surface area contributed by atoms with Gasteiger partial charge in [0.15, 0.2) is 0 Å². The Hall–Kier alpha value is -2.18. The van der Waals surface area contributed by atoms with E-state index >= 15 is 0 Å². The van der Waals surface area contributed by atoms with Crippen molar-refractivity contribution in [1.29, 1.82) is 0 Å². The minimum atomic E-state index is 0.304. The van der Waals surface area contributed by atoms with Crippen molar-refractivity contribution < 1.29 is 4.42 Å². The van der Waals surface area contributed by atoms with E-state index in [4.69, 9.17) is 10.2 Å². The molecular formula is C8H10N6O. The molecule has 2 rings (SSSR count). The van der Waals surface area contributed by atoms with Gasteiger partial charge in [0.1, 0.15) is 23.5 Å². The van der Waals surface area contributed by atoms with Crippen LogP contribution >= 0.6 is 0 Å². The fourth-order valence-electron chi connectivity index (χ4n) is 1.20. The summed E-state index contributed by atoms with van der Waals surface area (Å²) in [6.45, 7) is 1.70. The topological polar surface area (TPSA) is 103 Å². The average Bonchev–Trinajstić information content (AvgIpc) is 2.64. The highest BCUT2D eigenvalue weighted by molar-refractivity contribution is 5.78. The molecule has 0 aliphatic heterocycles. The molecule has 0 radical (unpaired) electrons. The van der Waals surface area contributed by atoms with Crippen LogP contribution in [0.4, 0.5) is 11.6 Å². The van der Waals surface area contributed by atoms with Crippen LogP contribution in [0.2, 0.25) is 0 Å². The summed E-state index contributed by atoms with van der Waals surface area (Å²) in [5.41, 5.74) is 6.25. The van der Waals surface area contributed by atoms with Crippen LogP contribution in [-0.4, -0.2) is 27.2 Å². The first-order valence-electron chi connectivity index (χ1n) is 4.31. The highest BCUT2D eigenvalue weighted by Crippen LogP contribution is 2.28. The van der Waals surface area contributed by atoms with Gasteiger partial charge in [-0.25, -0.2) is 9.97 Å². The first-order valence-corrected chi connectivity index (χ1v) is 4.31. The Kier molecular flexibility index (Phi) is 2.20. The quantitative estimate of drug-likeness (QED) is 0.735. The smallest absolute Gasteiger partial charge is 0.255 e. The highest BCUT2D eigenvalue weighted by atomic mass is 16.4. The summed E-state index contributed by atoms with van der Waals surface area (Å²) in [6.07, 6.45) is 1.37. The summed E-state index contributed by atoms with van der Waals surface area (Å²) in [6, 6.07) is 0. The third kappa shape index (κ3) is 1.58. The van der Waals surface area contributed by atoms with Gasteiger partial charge in [0.05, 0.1) is 0 Å². The van der Waals surface area contributed by atoms with Crippen LogP contribution in [0.1, 0.15) is 5.89 Å².